The van der Waals surface area contributed by atoms with Gasteiger partial charge in [-0.2, -0.15) is 0 Å². The van der Waals surface area contributed by atoms with E-state index in [-0.39, 0.29) is 24.0 Å². The van der Waals surface area contributed by atoms with Crippen molar-refractivity contribution in [2.75, 3.05) is 50.9 Å². The first kappa shape index (κ1) is 20.8. The van der Waals surface area contributed by atoms with Crippen molar-refractivity contribution >= 4 is 17.7 Å². The van der Waals surface area contributed by atoms with Crippen LogP contribution >= 0.6 is 0 Å². The fourth-order valence-corrected chi connectivity index (χ4v) is 5.79. The van der Waals surface area contributed by atoms with Crippen LogP contribution in [0.5, 0.6) is 0 Å². The SMILES string of the molecule is CCOC(=O)N1CCC(N2CCC(N3C(=O)C(C4COC4)c4ccccc43)CC2)CC1. The fraction of sp³-hybridized carbons (Fsp3) is 0.667. The molecule has 1 aromatic rings. The van der Waals surface area contributed by atoms with E-state index in [9.17, 15) is 9.59 Å². The molecule has 5 rings (SSSR count). The minimum absolute atomic E-state index is 0.0322. The second kappa shape index (κ2) is 8.79. The van der Waals surface area contributed by atoms with Gasteiger partial charge < -0.3 is 24.2 Å². The van der Waals surface area contributed by atoms with Crippen LogP contribution in [0.2, 0.25) is 0 Å². The molecular weight excluding hydrogens is 394 g/mol. The molecule has 3 fully saturated rings. The number of carbonyl (C=O) groups is 2. The Balaban J connectivity index is 1.19. The van der Waals surface area contributed by atoms with Crippen LogP contribution in [0.4, 0.5) is 10.5 Å². The van der Waals surface area contributed by atoms with Gasteiger partial charge in [-0.25, -0.2) is 4.79 Å². The van der Waals surface area contributed by atoms with Crippen LogP contribution in [0, 0.1) is 5.92 Å². The summed E-state index contributed by atoms with van der Waals surface area (Å²) in [4.78, 5) is 31.9. The molecule has 0 radical (unpaired) electrons. The van der Waals surface area contributed by atoms with Crippen molar-refractivity contribution < 1.29 is 19.1 Å². The number of benzene rings is 1. The number of carbonyl (C=O) groups excluding carboxylic acids is 2. The Morgan fingerprint density at radius 2 is 1.71 bits per heavy atom. The van der Waals surface area contributed by atoms with Gasteiger partial charge in [-0.1, -0.05) is 18.2 Å². The van der Waals surface area contributed by atoms with Gasteiger partial charge in [0.1, 0.15) is 0 Å². The molecular formula is C24H33N3O4. The summed E-state index contributed by atoms with van der Waals surface area (Å²) < 4.78 is 10.5. The molecule has 1 unspecified atom stereocenters. The van der Waals surface area contributed by atoms with E-state index >= 15 is 0 Å². The van der Waals surface area contributed by atoms with Gasteiger partial charge in [0.05, 0.1) is 25.7 Å². The van der Waals surface area contributed by atoms with Crippen molar-refractivity contribution in [3.63, 3.8) is 0 Å². The molecule has 4 aliphatic heterocycles. The van der Waals surface area contributed by atoms with Crippen LogP contribution in [0.1, 0.15) is 44.1 Å². The lowest BCUT2D eigenvalue weighted by Crippen LogP contribution is -2.53. The van der Waals surface area contributed by atoms with Crippen LogP contribution in [0.3, 0.4) is 0 Å². The van der Waals surface area contributed by atoms with E-state index in [2.05, 4.69) is 21.9 Å². The van der Waals surface area contributed by atoms with Crippen molar-refractivity contribution in [1.82, 2.24) is 9.80 Å². The summed E-state index contributed by atoms with van der Waals surface area (Å²) in [5.74, 6) is 0.564. The third kappa shape index (κ3) is 3.82. The highest BCUT2D eigenvalue weighted by Crippen LogP contribution is 2.45. The van der Waals surface area contributed by atoms with Crippen LogP contribution in [-0.2, 0) is 14.3 Å². The smallest absolute Gasteiger partial charge is 0.409 e. The number of amides is 2. The number of anilines is 1. The van der Waals surface area contributed by atoms with Gasteiger partial charge in [0.15, 0.2) is 0 Å². The lowest BCUT2D eigenvalue weighted by Gasteiger charge is -2.43. The summed E-state index contributed by atoms with van der Waals surface area (Å²) >= 11 is 0. The summed E-state index contributed by atoms with van der Waals surface area (Å²) in [5.41, 5.74) is 2.31. The molecule has 0 N–H and O–H groups in total. The standard InChI is InChI=1S/C24H33N3O4/c1-2-31-24(29)26-13-7-18(8-14-26)25-11-9-19(10-12-25)27-21-6-4-3-5-20(21)22(23(27)28)17-15-30-16-17/h3-6,17-19,22H,2,7-16H2,1H3. The summed E-state index contributed by atoms with van der Waals surface area (Å²) in [6.07, 6.45) is 3.83. The molecule has 4 heterocycles. The molecule has 0 spiro atoms. The molecule has 1 atom stereocenters. The van der Waals surface area contributed by atoms with E-state index in [0.717, 1.165) is 57.5 Å². The maximum atomic E-state index is 13.4. The van der Waals surface area contributed by atoms with Crippen LogP contribution in [-0.4, -0.2) is 79.9 Å². The highest BCUT2D eigenvalue weighted by Gasteiger charge is 2.47. The van der Waals surface area contributed by atoms with Gasteiger partial charge in [-0.15, -0.1) is 0 Å². The molecule has 31 heavy (non-hydrogen) atoms. The quantitative estimate of drug-likeness (QED) is 0.740. The molecule has 0 saturated carbocycles. The van der Waals surface area contributed by atoms with E-state index in [4.69, 9.17) is 9.47 Å². The first-order valence-electron chi connectivity index (χ1n) is 11.8. The first-order chi connectivity index (χ1) is 15.2. The van der Waals surface area contributed by atoms with Crippen molar-refractivity contribution in [2.24, 2.45) is 5.92 Å². The summed E-state index contributed by atoms with van der Waals surface area (Å²) in [6.45, 7) is 7.23. The Kier molecular flexibility index (Phi) is 5.89. The van der Waals surface area contributed by atoms with E-state index in [1.165, 1.54) is 5.56 Å². The van der Waals surface area contributed by atoms with Crippen LogP contribution in [0.25, 0.3) is 0 Å². The largest absolute Gasteiger partial charge is 0.450 e. The molecule has 0 bridgehead atoms. The second-order valence-corrected chi connectivity index (χ2v) is 9.23. The zero-order valence-electron chi connectivity index (χ0n) is 18.4. The Bertz CT molecular complexity index is 811. The number of fused-ring (bicyclic) bond motifs is 1. The number of piperidine rings is 2. The van der Waals surface area contributed by atoms with E-state index in [1.807, 2.05) is 24.0 Å². The van der Waals surface area contributed by atoms with E-state index in [1.54, 1.807) is 0 Å². The highest BCUT2D eigenvalue weighted by atomic mass is 16.6. The summed E-state index contributed by atoms with van der Waals surface area (Å²) in [7, 11) is 0. The lowest BCUT2D eigenvalue weighted by molar-refractivity contribution is -0.126. The van der Waals surface area contributed by atoms with Gasteiger partial charge in [0.2, 0.25) is 5.91 Å². The predicted octanol–water partition coefficient (Wildman–Crippen LogP) is 2.85. The molecule has 2 amide bonds. The average molecular weight is 428 g/mol. The van der Waals surface area contributed by atoms with E-state index in [0.29, 0.717) is 31.8 Å². The monoisotopic (exact) mass is 427 g/mol. The fourth-order valence-electron chi connectivity index (χ4n) is 5.79. The maximum Gasteiger partial charge on any atom is 0.409 e. The Morgan fingerprint density at radius 3 is 2.35 bits per heavy atom. The van der Waals surface area contributed by atoms with Crippen LogP contribution < -0.4 is 4.90 Å². The minimum atomic E-state index is -0.183. The average Bonchev–Trinajstić information content (AvgIpc) is 3.05. The number of para-hydroxylation sites is 1. The van der Waals surface area contributed by atoms with Crippen molar-refractivity contribution in [3.05, 3.63) is 29.8 Å². The number of ether oxygens (including phenoxy) is 2. The summed E-state index contributed by atoms with van der Waals surface area (Å²) in [6, 6.07) is 9.13. The first-order valence-corrected chi connectivity index (χ1v) is 11.8. The van der Waals surface area contributed by atoms with Gasteiger partial charge in [0, 0.05) is 49.9 Å². The van der Waals surface area contributed by atoms with Crippen molar-refractivity contribution in [1.29, 1.82) is 0 Å². The summed E-state index contributed by atoms with van der Waals surface area (Å²) in [5, 5.41) is 0. The molecule has 7 nitrogen and oxygen atoms in total. The normalized spacial score (nSPS) is 26.1. The number of nitrogens with zero attached hydrogens (tertiary/aromatic N) is 3. The Labute approximate surface area is 184 Å². The van der Waals surface area contributed by atoms with Gasteiger partial charge >= 0.3 is 6.09 Å². The topological polar surface area (TPSA) is 62.3 Å². The third-order valence-corrected chi connectivity index (χ3v) is 7.54. The third-order valence-electron chi connectivity index (χ3n) is 7.54. The molecule has 0 aromatic heterocycles. The number of hydrogen-bond acceptors (Lipinski definition) is 5. The molecule has 4 aliphatic rings. The zero-order chi connectivity index (χ0) is 21.4. The number of rotatable bonds is 4. The molecule has 3 saturated heterocycles. The Morgan fingerprint density at radius 1 is 1.03 bits per heavy atom. The molecule has 7 heteroatoms. The van der Waals surface area contributed by atoms with Crippen molar-refractivity contribution in [2.45, 2.75) is 50.6 Å². The van der Waals surface area contributed by atoms with Crippen LogP contribution in [0.15, 0.2) is 24.3 Å². The van der Waals surface area contributed by atoms with Gasteiger partial charge in [0.25, 0.3) is 0 Å². The number of likely N-dealkylation sites (tertiary alicyclic amines) is 2. The second-order valence-electron chi connectivity index (χ2n) is 9.23. The lowest BCUT2D eigenvalue weighted by atomic mass is 9.86. The molecule has 0 aliphatic carbocycles. The Hall–Kier alpha value is -2.12. The number of hydrogen-bond donors (Lipinski definition) is 0. The van der Waals surface area contributed by atoms with Gasteiger partial charge in [-0.3, -0.25) is 4.79 Å². The maximum absolute atomic E-state index is 13.4. The van der Waals surface area contributed by atoms with Crippen molar-refractivity contribution in [3.8, 4) is 0 Å². The minimum Gasteiger partial charge on any atom is -0.450 e. The highest BCUT2D eigenvalue weighted by molar-refractivity contribution is 6.05. The predicted molar refractivity (Wildman–Crippen MR) is 117 cm³/mol. The molecule has 168 valence electrons. The van der Waals surface area contributed by atoms with Gasteiger partial charge in [-0.05, 0) is 44.2 Å². The molecule has 1 aromatic carbocycles. The van der Waals surface area contributed by atoms with E-state index < -0.39 is 0 Å². The zero-order valence-corrected chi connectivity index (χ0v) is 18.4.